The first kappa shape index (κ1) is 28.9. The number of ether oxygens (including phenoxy) is 2. The van der Waals surface area contributed by atoms with Gasteiger partial charge in [0.15, 0.2) is 0 Å². The Morgan fingerprint density at radius 3 is 2.23 bits per heavy atom. The fraction of sp³-hybridized carbons (Fsp3) is 0.655. The van der Waals surface area contributed by atoms with Crippen molar-refractivity contribution in [2.75, 3.05) is 45.9 Å². The fourth-order valence-corrected chi connectivity index (χ4v) is 3.82. The predicted octanol–water partition coefficient (Wildman–Crippen LogP) is 5.56. The Bertz CT molecular complexity index is 780. The van der Waals surface area contributed by atoms with Crippen molar-refractivity contribution in [1.82, 2.24) is 9.80 Å². The summed E-state index contributed by atoms with van der Waals surface area (Å²) in [5, 5.41) is 0. The standard InChI is InChI=1S/C29H46N2O4/c1-5-7-8-9-10-11-23-34-26-15-12-25(13-16-26)14-17-27(32)31-20-18-30(19-21-31)22-24-35-28(33)29(3,4)6-2/h12-17H,5-11,18-24H2,1-4H3/b17-14+. The molecule has 6 nitrogen and oxygen atoms in total. The van der Waals surface area contributed by atoms with Crippen LogP contribution in [0.15, 0.2) is 30.3 Å². The lowest BCUT2D eigenvalue weighted by Crippen LogP contribution is -2.49. The number of esters is 1. The highest BCUT2D eigenvalue weighted by Crippen LogP contribution is 2.21. The second-order valence-corrected chi connectivity index (χ2v) is 10.1. The van der Waals surface area contributed by atoms with Crippen LogP contribution in [-0.4, -0.2) is 67.6 Å². The monoisotopic (exact) mass is 486 g/mol. The number of benzene rings is 1. The minimum absolute atomic E-state index is 0.0316. The Morgan fingerprint density at radius 2 is 1.57 bits per heavy atom. The highest BCUT2D eigenvalue weighted by molar-refractivity contribution is 5.91. The molecular weight excluding hydrogens is 440 g/mol. The van der Waals surface area contributed by atoms with Crippen molar-refractivity contribution in [3.8, 4) is 5.75 Å². The highest BCUT2D eigenvalue weighted by atomic mass is 16.5. The molecule has 0 saturated carbocycles. The van der Waals surface area contributed by atoms with Crippen molar-refractivity contribution < 1.29 is 19.1 Å². The molecule has 0 bridgehead atoms. The number of piperazine rings is 1. The summed E-state index contributed by atoms with van der Waals surface area (Å²) < 4.78 is 11.3. The minimum atomic E-state index is -0.432. The van der Waals surface area contributed by atoms with Gasteiger partial charge in [0, 0.05) is 38.8 Å². The summed E-state index contributed by atoms with van der Waals surface area (Å²) in [6, 6.07) is 7.90. The lowest BCUT2D eigenvalue weighted by molar-refractivity contribution is -0.154. The van der Waals surface area contributed by atoms with Crippen LogP contribution < -0.4 is 4.74 Å². The van der Waals surface area contributed by atoms with Crippen LogP contribution in [0.4, 0.5) is 0 Å². The van der Waals surface area contributed by atoms with Gasteiger partial charge < -0.3 is 14.4 Å². The molecule has 1 aliphatic rings. The Hall–Kier alpha value is -2.34. The molecule has 1 aliphatic heterocycles. The van der Waals surface area contributed by atoms with Gasteiger partial charge in [-0.25, -0.2) is 0 Å². The van der Waals surface area contributed by atoms with Crippen molar-refractivity contribution in [2.45, 2.75) is 72.6 Å². The molecule has 0 unspecified atom stereocenters. The average molecular weight is 487 g/mol. The van der Waals surface area contributed by atoms with Gasteiger partial charge in [0.05, 0.1) is 12.0 Å². The van der Waals surface area contributed by atoms with E-state index in [1.54, 1.807) is 6.08 Å². The molecule has 35 heavy (non-hydrogen) atoms. The summed E-state index contributed by atoms with van der Waals surface area (Å²) in [6.07, 6.45) is 11.8. The number of hydrogen-bond acceptors (Lipinski definition) is 5. The van der Waals surface area contributed by atoms with Gasteiger partial charge >= 0.3 is 5.97 Å². The van der Waals surface area contributed by atoms with Gasteiger partial charge in [-0.05, 0) is 50.5 Å². The van der Waals surface area contributed by atoms with Crippen LogP contribution in [0.2, 0.25) is 0 Å². The molecule has 0 spiro atoms. The Morgan fingerprint density at radius 1 is 0.914 bits per heavy atom. The molecule has 0 aromatic heterocycles. The van der Waals surface area contributed by atoms with Gasteiger partial charge in [-0.15, -0.1) is 0 Å². The van der Waals surface area contributed by atoms with Crippen LogP contribution in [0.1, 0.15) is 78.2 Å². The maximum atomic E-state index is 12.6. The molecule has 1 aromatic rings. The number of rotatable bonds is 15. The summed E-state index contributed by atoms with van der Waals surface area (Å²) in [5.74, 6) is 0.766. The quantitative estimate of drug-likeness (QED) is 0.184. The Balaban J connectivity index is 1.64. The first-order valence-corrected chi connectivity index (χ1v) is 13.4. The zero-order chi connectivity index (χ0) is 25.5. The van der Waals surface area contributed by atoms with E-state index < -0.39 is 5.41 Å². The SMILES string of the molecule is CCCCCCCCOc1ccc(/C=C/C(=O)N2CCN(CCOC(=O)C(C)(C)CC)CC2)cc1. The molecule has 0 N–H and O–H groups in total. The molecule has 1 aromatic carbocycles. The third-order valence-corrected chi connectivity index (χ3v) is 6.83. The van der Waals surface area contributed by atoms with Crippen LogP contribution >= 0.6 is 0 Å². The molecule has 1 heterocycles. The van der Waals surface area contributed by atoms with E-state index in [0.717, 1.165) is 43.9 Å². The second-order valence-electron chi connectivity index (χ2n) is 10.1. The van der Waals surface area contributed by atoms with E-state index in [4.69, 9.17) is 9.47 Å². The summed E-state index contributed by atoms with van der Waals surface area (Å²) >= 11 is 0. The Labute approximate surface area is 212 Å². The highest BCUT2D eigenvalue weighted by Gasteiger charge is 2.27. The van der Waals surface area contributed by atoms with Crippen molar-refractivity contribution in [3.63, 3.8) is 0 Å². The summed E-state index contributed by atoms with van der Waals surface area (Å²) in [7, 11) is 0. The van der Waals surface area contributed by atoms with E-state index in [0.29, 0.717) is 26.2 Å². The van der Waals surface area contributed by atoms with Crippen molar-refractivity contribution in [1.29, 1.82) is 0 Å². The lowest BCUT2D eigenvalue weighted by Gasteiger charge is -2.34. The van der Waals surface area contributed by atoms with Crippen LogP contribution in [0.5, 0.6) is 5.75 Å². The second kappa shape index (κ2) is 15.6. The molecule has 1 saturated heterocycles. The Kier molecular flexibility index (Phi) is 12.9. The van der Waals surface area contributed by atoms with Crippen molar-refractivity contribution in [3.05, 3.63) is 35.9 Å². The molecule has 0 radical (unpaired) electrons. The molecule has 6 heteroatoms. The van der Waals surface area contributed by atoms with Crippen molar-refractivity contribution >= 4 is 18.0 Å². The van der Waals surface area contributed by atoms with Gasteiger partial charge in [0.2, 0.25) is 5.91 Å². The molecular formula is C29H46N2O4. The summed E-state index contributed by atoms with van der Waals surface area (Å²) in [6.45, 7) is 12.9. The molecule has 196 valence electrons. The molecule has 1 amide bonds. The number of unbranched alkanes of at least 4 members (excludes halogenated alkanes) is 5. The van der Waals surface area contributed by atoms with Gasteiger partial charge in [0.25, 0.3) is 0 Å². The number of carbonyl (C=O) groups is 2. The topological polar surface area (TPSA) is 59.1 Å². The van der Waals surface area contributed by atoms with Crippen LogP contribution in [0.3, 0.4) is 0 Å². The van der Waals surface area contributed by atoms with Crippen LogP contribution in [0, 0.1) is 5.41 Å². The first-order chi connectivity index (χ1) is 16.9. The molecule has 1 fully saturated rings. The third-order valence-electron chi connectivity index (χ3n) is 6.83. The first-order valence-electron chi connectivity index (χ1n) is 13.4. The van der Waals surface area contributed by atoms with Gasteiger partial charge in [-0.2, -0.15) is 0 Å². The molecule has 0 aliphatic carbocycles. The normalized spacial score (nSPS) is 14.9. The van der Waals surface area contributed by atoms with E-state index in [-0.39, 0.29) is 11.9 Å². The van der Waals surface area contributed by atoms with Gasteiger partial charge in [0.1, 0.15) is 12.4 Å². The number of carbonyl (C=O) groups excluding carboxylic acids is 2. The van der Waals surface area contributed by atoms with E-state index in [1.807, 2.05) is 56.0 Å². The zero-order valence-electron chi connectivity index (χ0n) is 22.4. The third kappa shape index (κ3) is 10.9. The molecule has 2 rings (SSSR count). The van der Waals surface area contributed by atoms with Gasteiger partial charge in [-0.3, -0.25) is 14.5 Å². The maximum Gasteiger partial charge on any atom is 0.311 e. The minimum Gasteiger partial charge on any atom is -0.494 e. The van der Waals surface area contributed by atoms with Gasteiger partial charge in [-0.1, -0.05) is 58.1 Å². The van der Waals surface area contributed by atoms with E-state index >= 15 is 0 Å². The average Bonchev–Trinajstić information content (AvgIpc) is 2.87. The predicted molar refractivity (Wildman–Crippen MR) is 142 cm³/mol. The number of amides is 1. The zero-order valence-corrected chi connectivity index (χ0v) is 22.4. The maximum absolute atomic E-state index is 12.6. The number of nitrogens with zero attached hydrogens (tertiary/aromatic N) is 2. The van der Waals surface area contributed by atoms with Crippen LogP contribution in [0.25, 0.3) is 6.08 Å². The van der Waals surface area contributed by atoms with Crippen LogP contribution in [-0.2, 0) is 14.3 Å². The molecule has 0 atom stereocenters. The van der Waals surface area contributed by atoms with E-state index in [9.17, 15) is 9.59 Å². The fourth-order valence-electron chi connectivity index (χ4n) is 3.82. The largest absolute Gasteiger partial charge is 0.494 e. The summed E-state index contributed by atoms with van der Waals surface area (Å²) in [5.41, 5.74) is 0.555. The van der Waals surface area contributed by atoms with Crippen molar-refractivity contribution in [2.24, 2.45) is 5.41 Å². The smallest absolute Gasteiger partial charge is 0.311 e. The van der Waals surface area contributed by atoms with E-state index in [1.165, 1.54) is 32.1 Å². The lowest BCUT2D eigenvalue weighted by atomic mass is 9.91. The number of hydrogen-bond donors (Lipinski definition) is 0. The summed E-state index contributed by atoms with van der Waals surface area (Å²) in [4.78, 5) is 28.8. The van der Waals surface area contributed by atoms with E-state index in [2.05, 4.69) is 11.8 Å².